The first-order valence-electron chi connectivity index (χ1n) is 31.9. The van der Waals surface area contributed by atoms with Crippen LogP contribution < -0.4 is 5.32 Å². The molecule has 0 aromatic rings. The first-order chi connectivity index (χ1) is 38.1. The standard InChI is InChI=1S/C64H117NO13/c1-3-5-7-9-11-13-15-17-19-21-23-24-25-26-27-28-30-31-33-35-37-39-41-43-45-47-53(68)52(65-56(69)48-46-44-42-40-38-36-34-32-29-22-20-18-16-14-12-10-8-6-4-2)51-75-63-61(74)59(72)62(55(50-67)77-63)78-64-60(73)58(71)57(70)54(49-66)76-64/h18,20,30-31,37,39,45,47,52-55,57-64,66-68,70-74H,3-17,19,21-29,32-36,38,40-44,46,48-51H2,1-2H3,(H,65,69)/b20-18-,31-30+,39-37+,47-45+. The molecule has 12 unspecified atom stereocenters. The lowest BCUT2D eigenvalue weighted by atomic mass is 9.97. The van der Waals surface area contributed by atoms with Gasteiger partial charge in [0.05, 0.1) is 32.0 Å². The number of carbonyl (C=O) groups is 1. The van der Waals surface area contributed by atoms with Crippen LogP contribution in [0.15, 0.2) is 48.6 Å². The molecule has 0 saturated carbocycles. The molecule has 2 heterocycles. The van der Waals surface area contributed by atoms with Crippen molar-refractivity contribution < 1.29 is 64.6 Å². The van der Waals surface area contributed by atoms with E-state index in [2.05, 4.69) is 55.6 Å². The molecule has 0 aromatic carbocycles. The van der Waals surface area contributed by atoms with Gasteiger partial charge < -0.3 is 65.1 Å². The molecule has 2 rings (SSSR count). The summed E-state index contributed by atoms with van der Waals surface area (Å²) in [5.74, 6) is -0.254. The molecule has 2 fully saturated rings. The molecule has 456 valence electrons. The zero-order valence-corrected chi connectivity index (χ0v) is 49.2. The molecule has 0 aliphatic carbocycles. The van der Waals surface area contributed by atoms with Gasteiger partial charge in [-0.3, -0.25) is 4.79 Å². The second kappa shape index (κ2) is 49.5. The van der Waals surface area contributed by atoms with Crippen molar-refractivity contribution in [1.82, 2.24) is 5.32 Å². The SMILES string of the molecule is CCCCCCCC/C=C\CCCCCCCCCCCC(=O)NC(COC1OC(CO)C(OC2OC(CO)C(O)C(O)C2O)C(O)C1O)C(O)/C=C/CC/C=C/CC/C=C/CCCCCCCCCCCCCCCCC. The predicted octanol–water partition coefficient (Wildman–Crippen LogP) is 11.6. The Hall–Kier alpha value is -2.05. The van der Waals surface area contributed by atoms with E-state index in [9.17, 15) is 45.6 Å². The number of aliphatic hydroxyl groups excluding tert-OH is 8. The minimum absolute atomic E-state index is 0.254. The topological polar surface area (TPSA) is 228 Å². The molecule has 14 heteroatoms. The van der Waals surface area contributed by atoms with E-state index in [0.29, 0.717) is 12.8 Å². The minimum Gasteiger partial charge on any atom is -0.394 e. The number of nitrogens with one attached hydrogen (secondary N) is 1. The fourth-order valence-corrected chi connectivity index (χ4v) is 10.3. The Morgan fingerprint density at radius 2 is 0.821 bits per heavy atom. The van der Waals surface area contributed by atoms with Crippen LogP contribution >= 0.6 is 0 Å². The van der Waals surface area contributed by atoms with Gasteiger partial charge in [0.2, 0.25) is 5.91 Å². The van der Waals surface area contributed by atoms with E-state index >= 15 is 0 Å². The fraction of sp³-hybridized carbons (Fsp3) is 0.859. The van der Waals surface area contributed by atoms with E-state index in [-0.39, 0.29) is 18.9 Å². The number of carbonyl (C=O) groups excluding carboxylic acids is 1. The van der Waals surface area contributed by atoms with Crippen LogP contribution in [0.1, 0.15) is 258 Å². The molecule has 9 N–H and O–H groups in total. The molecule has 14 nitrogen and oxygen atoms in total. The van der Waals surface area contributed by atoms with Gasteiger partial charge in [-0.05, 0) is 70.6 Å². The summed E-state index contributed by atoms with van der Waals surface area (Å²) >= 11 is 0. The highest BCUT2D eigenvalue weighted by Crippen LogP contribution is 2.30. The summed E-state index contributed by atoms with van der Waals surface area (Å²) in [4.78, 5) is 13.3. The van der Waals surface area contributed by atoms with Crippen LogP contribution in [0, 0.1) is 0 Å². The van der Waals surface area contributed by atoms with Crippen molar-refractivity contribution in [1.29, 1.82) is 0 Å². The third kappa shape index (κ3) is 34.4. The predicted molar refractivity (Wildman–Crippen MR) is 314 cm³/mol. The monoisotopic (exact) mass is 1110 g/mol. The molecular weight excluding hydrogens is 991 g/mol. The van der Waals surface area contributed by atoms with Crippen molar-refractivity contribution in [3.63, 3.8) is 0 Å². The van der Waals surface area contributed by atoms with Gasteiger partial charge in [-0.1, -0.05) is 229 Å². The molecule has 2 aliphatic heterocycles. The van der Waals surface area contributed by atoms with E-state index in [4.69, 9.17) is 18.9 Å². The van der Waals surface area contributed by atoms with Crippen molar-refractivity contribution in [3.8, 4) is 0 Å². The van der Waals surface area contributed by atoms with E-state index in [1.807, 2.05) is 6.08 Å². The summed E-state index contributed by atoms with van der Waals surface area (Å²) in [6.07, 6.45) is 45.8. The summed E-state index contributed by atoms with van der Waals surface area (Å²) in [6.45, 7) is 2.79. The highest BCUT2D eigenvalue weighted by molar-refractivity contribution is 5.76. The number of allylic oxidation sites excluding steroid dienone is 7. The summed E-state index contributed by atoms with van der Waals surface area (Å²) < 4.78 is 22.8. The molecule has 1 amide bonds. The quantitative estimate of drug-likeness (QED) is 0.0204. The van der Waals surface area contributed by atoms with Crippen LogP contribution in [0.25, 0.3) is 0 Å². The molecule has 78 heavy (non-hydrogen) atoms. The summed E-state index contributed by atoms with van der Waals surface area (Å²) in [5, 5.41) is 87.2. The molecule has 12 atom stereocenters. The Balaban J connectivity index is 1.76. The highest BCUT2D eigenvalue weighted by Gasteiger charge is 2.51. The van der Waals surface area contributed by atoms with Gasteiger partial charge in [-0.25, -0.2) is 0 Å². The van der Waals surface area contributed by atoms with Gasteiger partial charge in [0, 0.05) is 6.42 Å². The van der Waals surface area contributed by atoms with E-state index in [1.165, 1.54) is 180 Å². The van der Waals surface area contributed by atoms with Crippen LogP contribution in [0.3, 0.4) is 0 Å². The Labute approximate surface area is 473 Å². The van der Waals surface area contributed by atoms with Gasteiger partial charge in [0.25, 0.3) is 0 Å². The first kappa shape index (κ1) is 72.1. The average molecular weight is 1110 g/mol. The van der Waals surface area contributed by atoms with E-state index in [0.717, 1.165) is 44.9 Å². The number of amides is 1. The second-order valence-corrected chi connectivity index (χ2v) is 22.5. The Bertz CT molecular complexity index is 1490. The molecule has 2 aliphatic rings. The van der Waals surface area contributed by atoms with Crippen molar-refractivity contribution in [2.24, 2.45) is 0 Å². The Kier molecular flexibility index (Phi) is 45.8. The normalized spacial score (nSPS) is 24.8. The van der Waals surface area contributed by atoms with Gasteiger partial charge in [0.15, 0.2) is 12.6 Å². The Morgan fingerprint density at radius 3 is 1.26 bits per heavy atom. The van der Waals surface area contributed by atoms with Gasteiger partial charge in [-0.2, -0.15) is 0 Å². The molecule has 0 bridgehead atoms. The molecule has 0 aromatic heterocycles. The largest absolute Gasteiger partial charge is 0.394 e. The summed E-state index contributed by atoms with van der Waals surface area (Å²) in [7, 11) is 0. The van der Waals surface area contributed by atoms with Crippen molar-refractivity contribution in [2.75, 3.05) is 19.8 Å². The van der Waals surface area contributed by atoms with Crippen molar-refractivity contribution in [3.05, 3.63) is 48.6 Å². The number of hydrogen-bond acceptors (Lipinski definition) is 13. The molecule has 0 spiro atoms. The lowest BCUT2D eigenvalue weighted by molar-refractivity contribution is -0.359. The number of aliphatic hydroxyl groups is 8. The van der Waals surface area contributed by atoms with Gasteiger partial charge in [0.1, 0.15) is 48.8 Å². The van der Waals surface area contributed by atoms with Crippen LogP contribution in [-0.2, 0) is 23.7 Å². The second-order valence-electron chi connectivity index (χ2n) is 22.5. The zero-order valence-electron chi connectivity index (χ0n) is 49.2. The maximum absolute atomic E-state index is 13.3. The van der Waals surface area contributed by atoms with Crippen LogP contribution in [0.2, 0.25) is 0 Å². The van der Waals surface area contributed by atoms with E-state index < -0.39 is 86.8 Å². The third-order valence-electron chi connectivity index (χ3n) is 15.5. The molecule has 2 saturated heterocycles. The minimum atomic E-state index is -1.79. The van der Waals surface area contributed by atoms with Crippen molar-refractivity contribution >= 4 is 5.91 Å². The highest BCUT2D eigenvalue weighted by atomic mass is 16.7. The first-order valence-corrected chi connectivity index (χ1v) is 31.9. The molecular formula is C64H117NO13. The lowest BCUT2D eigenvalue weighted by Gasteiger charge is -2.46. The summed E-state index contributed by atoms with van der Waals surface area (Å²) in [5.41, 5.74) is 0. The Morgan fingerprint density at radius 1 is 0.449 bits per heavy atom. The van der Waals surface area contributed by atoms with Crippen LogP contribution in [0.4, 0.5) is 0 Å². The van der Waals surface area contributed by atoms with Gasteiger partial charge >= 0.3 is 0 Å². The number of hydrogen-bond donors (Lipinski definition) is 9. The summed E-state index contributed by atoms with van der Waals surface area (Å²) in [6, 6.07) is -0.940. The lowest BCUT2D eigenvalue weighted by Crippen LogP contribution is -2.65. The number of ether oxygens (including phenoxy) is 4. The van der Waals surface area contributed by atoms with Gasteiger partial charge in [-0.15, -0.1) is 0 Å². The zero-order chi connectivity index (χ0) is 56.7. The fourth-order valence-electron chi connectivity index (χ4n) is 10.3. The van der Waals surface area contributed by atoms with Crippen molar-refractivity contribution in [2.45, 2.75) is 331 Å². The van der Waals surface area contributed by atoms with Crippen LogP contribution in [-0.4, -0.2) is 140 Å². The maximum atomic E-state index is 13.3. The third-order valence-corrected chi connectivity index (χ3v) is 15.5. The average Bonchev–Trinajstić information content (AvgIpc) is 3.48. The van der Waals surface area contributed by atoms with E-state index in [1.54, 1.807) is 6.08 Å². The van der Waals surface area contributed by atoms with Crippen LogP contribution in [0.5, 0.6) is 0 Å². The smallest absolute Gasteiger partial charge is 0.220 e. The number of rotatable bonds is 51. The molecule has 0 radical (unpaired) electrons. The number of unbranched alkanes of at least 4 members (excludes halogenated alkanes) is 32. The maximum Gasteiger partial charge on any atom is 0.220 e.